The third-order valence-electron chi connectivity index (χ3n) is 9.21. The Hall–Kier alpha value is -3.96. The minimum absolute atomic E-state index is 0.0517. The summed E-state index contributed by atoms with van der Waals surface area (Å²) in [5, 5.41) is 18.3. The molecule has 1 spiro atoms. The Morgan fingerprint density at radius 2 is 1.81 bits per heavy atom. The second-order valence-corrected chi connectivity index (χ2v) is 12.9. The van der Waals surface area contributed by atoms with Crippen molar-refractivity contribution in [3.8, 4) is 23.9 Å². The van der Waals surface area contributed by atoms with Gasteiger partial charge < -0.3 is 19.4 Å². The summed E-state index contributed by atoms with van der Waals surface area (Å²) in [5.41, 5.74) is 0.495. The summed E-state index contributed by atoms with van der Waals surface area (Å²) in [6.45, 7) is 12.6. The molecule has 0 N–H and O–H groups in total. The fourth-order valence-corrected chi connectivity index (χ4v) is 7.25. The van der Waals surface area contributed by atoms with Crippen LogP contribution in [0.4, 0.5) is 10.2 Å². The molecule has 2 aromatic rings. The Labute approximate surface area is 253 Å². The van der Waals surface area contributed by atoms with Crippen LogP contribution in [0, 0.1) is 40.1 Å². The van der Waals surface area contributed by atoms with Gasteiger partial charge in [0.15, 0.2) is 24.0 Å². The number of nitrogens with zero attached hydrogens (tertiary/aromatic N) is 8. The number of hydrogen-bond donors (Lipinski definition) is 0. The highest BCUT2D eigenvalue weighted by Gasteiger charge is 2.46. The molecule has 2 saturated heterocycles. The van der Waals surface area contributed by atoms with Gasteiger partial charge in [0.25, 0.3) is 5.91 Å². The maximum atomic E-state index is 14.3. The lowest BCUT2D eigenvalue weighted by atomic mass is 9.67. The molecule has 228 valence electrons. The number of nitriles is 2. The Kier molecular flexibility index (Phi) is 9.03. The van der Waals surface area contributed by atoms with Crippen LogP contribution in [-0.2, 0) is 0 Å². The molecule has 11 heteroatoms. The minimum Gasteiger partial charge on any atom is -0.451 e. The number of rotatable bonds is 9. The number of carbonyl (C=O) groups excluding carboxylic acids is 1. The molecule has 2 aliphatic heterocycles. The van der Waals surface area contributed by atoms with Crippen molar-refractivity contribution >= 4 is 11.7 Å². The Bertz CT molecular complexity index is 1360. The van der Waals surface area contributed by atoms with Gasteiger partial charge in [-0.25, -0.2) is 19.3 Å². The highest BCUT2D eigenvalue weighted by atomic mass is 19.1. The molecule has 1 aromatic heterocycles. The largest absolute Gasteiger partial charge is 0.451 e. The number of ether oxygens (including phenoxy) is 1. The van der Waals surface area contributed by atoms with Crippen molar-refractivity contribution in [1.82, 2.24) is 24.7 Å². The number of benzene rings is 1. The number of likely N-dealkylation sites (tertiary alicyclic amines) is 1. The molecule has 3 aliphatic rings. The zero-order valence-electron chi connectivity index (χ0n) is 25.5. The van der Waals surface area contributed by atoms with Gasteiger partial charge in [0, 0.05) is 44.8 Å². The fourth-order valence-electron chi connectivity index (χ4n) is 7.25. The molecule has 43 heavy (non-hydrogen) atoms. The maximum Gasteiger partial charge on any atom is 0.258 e. The van der Waals surface area contributed by atoms with Crippen molar-refractivity contribution in [2.75, 3.05) is 37.6 Å². The van der Waals surface area contributed by atoms with Gasteiger partial charge in [0.2, 0.25) is 0 Å². The predicted molar refractivity (Wildman–Crippen MR) is 159 cm³/mol. The van der Waals surface area contributed by atoms with E-state index in [4.69, 9.17) is 4.74 Å². The van der Waals surface area contributed by atoms with Crippen molar-refractivity contribution in [2.24, 2.45) is 11.3 Å². The van der Waals surface area contributed by atoms with Crippen molar-refractivity contribution < 1.29 is 13.9 Å². The number of amides is 1. The van der Waals surface area contributed by atoms with Crippen LogP contribution < -0.4 is 9.64 Å². The third kappa shape index (κ3) is 6.52. The molecule has 5 rings (SSSR count). The molecule has 10 nitrogen and oxygen atoms in total. The summed E-state index contributed by atoms with van der Waals surface area (Å²) in [6, 6.07) is 3.96. The molecular weight excluding hydrogens is 547 g/mol. The maximum absolute atomic E-state index is 14.3. The summed E-state index contributed by atoms with van der Waals surface area (Å²) < 4.78 is 20.6. The van der Waals surface area contributed by atoms with Gasteiger partial charge in [-0.2, -0.15) is 10.5 Å². The van der Waals surface area contributed by atoms with Crippen molar-refractivity contribution in [3.05, 3.63) is 42.1 Å². The van der Waals surface area contributed by atoms with Gasteiger partial charge in [0.05, 0.1) is 17.8 Å². The van der Waals surface area contributed by atoms with Crippen LogP contribution in [0.25, 0.3) is 0 Å². The van der Waals surface area contributed by atoms with Gasteiger partial charge in [-0.15, -0.1) is 0 Å². The summed E-state index contributed by atoms with van der Waals surface area (Å²) >= 11 is 0. The Morgan fingerprint density at radius 3 is 2.47 bits per heavy atom. The number of carbonyl (C=O) groups is 1. The fraction of sp³-hybridized carbons (Fsp3) is 0.594. The lowest BCUT2D eigenvalue weighted by molar-refractivity contribution is -0.0439. The average molecular weight is 589 g/mol. The van der Waals surface area contributed by atoms with E-state index in [9.17, 15) is 19.7 Å². The SMILES string of the molecule is CC(C)N(C(=O)c1cc(F)ccc1Oc1cncnc1N1CC[C@@H](CN2CC3(CCC(N(C#N)C#N)CC3)C2)C1)C(C)C. The van der Waals surface area contributed by atoms with Gasteiger partial charge in [0.1, 0.15) is 17.9 Å². The van der Waals surface area contributed by atoms with E-state index in [0.29, 0.717) is 22.9 Å². The van der Waals surface area contributed by atoms with E-state index in [1.165, 1.54) is 29.4 Å². The van der Waals surface area contributed by atoms with Crippen molar-refractivity contribution in [3.63, 3.8) is 0 Å². The van der Waals surface area contributed by atoms with Crippen LogP contribution in [0.2, 0.25) is 0 Å². The van der Waals surface area contributed by atoms with Crippen LogP contribution in [0.15, 0.2) is 30.7 Å². The van der Waals surface area contributed by atoms with Crippen LogP contribution in [0.5, 0.6) is 11.5 Å². The van der Waals surface area contributed by atoms with Crippen LogP contribution in [0.3, 0.4) is 0 Å². The number of halogens is 1. The van der Waals surface area contributed by atoms with E-state index in [2.05, 4.69) is 19.8 Å². The third-order valence-corrected chi connectivity index (χ3v) is 9.21. The van der Waals surface area contributed by atoms with E-state index < -0.39 is 5.82 Å². The van der Waals surface area contributed by atoms with E-state index in [1.807, 2.05) is 40.1 Å². The molecule has 1 aromatic carbocycles. The highest BCUT2D eigenvalue weighted by molar-refractivity contribution is 5.97. The van der Waals surface area contributed by atoms with Gasteiger partial charge in [-0.1, -0.05) is 0 Å². The standard InChI is InChI=1S/C32H41FN8O2/c1-22(2)41(23(3)4)31(42)27-13-25(33)5-6-28(27)43-29-14-36-21-37-30(29)39-12-9-24(16-39)15-38-17-32(18-38)10-7-26(8-11-32)40(19-34)20-35/h5-6,13-14,21-24,26H,7-12,15-18H2,1-4H3/t24-/m0/s1. The first-order valence-corrected chi connectivity index (χ1v) is 15.3. The number of aromatic nitrogens is 2. The smallest absolute Gasteiger partial charge is 0.258 e. The lowest BCUT2D eigenvalue weighted by Gasteiger charge is -2.54. The van der Waals surface area contributed by atoms with Crippen molar-refractivity contribution in [2.45, 2.75) is 77.9 Å². The molecule has 1 atom stereocenters. The summed E-state index contributed by atoms with van der Waals surface area (Å²) in [7, 11) is 0. The summed E-state index contributed by atoms with van der Waals surface area (Å²) in [4.78, 5) is 29.9. The number of hydrogen-bond acceptors (Lipinski definition) is 9. The van der Waals surface area contributed by atoms with Gasteiger partial charge in [-0.3, -0.25) is 4.79 Å². The average Bonchev–Trinajstić information content (AvgIpc) is 3.43. The molecule has 3 heterocycles. The summed E-state index contributed by atoms with van der Waals surface area (Å²) in [6.07, 6.45) is 12.1. The molecule has 1 aliphatic carbocycles. The first-order valence-electron chi connectivity index (χ1n) is 15.3. The number of anilines is 1. The van der Waals surface area contributed by atoms with Gasteiger partial charge in [-0.05, 0) is 89.3 Å². The van der Waals surface area contributed by atoms with Crippen LogP contribution >= 0.6 is 0 Å². The van der Waals surface area contributed by atoms with E-state index >= 15 is 0 Å². The summed E-state index contributed by atoms with van der Waals surface area (Å²) in [5.74, 6) is 1.08. The predicted octanol–water partition coefficient (Wildman–Crippen LogP) is 5.00. The first-order chi connectivity index (χ1) is 20.6. The Morgan fingerprint density at radius 1 is 1.12 bits per heavy atom. The first kappa shape index (κ1) is 30.5. The molecule has 0 bridgehead atoms. The molecule has 0 radical (unpaired) electrons. The van der Waals surface area contributed by atoms with Gasteiger partial charge >= 0.3 is 0 Å². The molecule has 1 saturated carbocycles. The molecule has 3 fully saturated rings. The normalized spacial score (nSPS) is 20.1. The van der Waals surface area contributed by atoms with Crippen molar-refractivity contribution in [1.29, 1.82) is 10.5 Å². The molecule has 0 unspecified atom stereocenters. The van der Waals surface area contributed by atoms with E-state index in [-0.39, 0.29) is 35.3 Å². The van der Waals surface area contributed by atoms with Crippen LogP contribution in [-0.4, -0.2) is 81.4 Å². The highest BCUT2D eigenvalue weighted by Crippen LogP contribution is 2.45. The lowest BCUT2D eigenvalue weighted by Crippen LogP contribution is -2.59. The second-order valence-electron chi connectivity index (χ2n) is 12.9. The minimum atomic E-state index is -0.498. The molecule has 1 amide bonds. The molecular formula is C32H41FN8O2. The zero-order valence-corrected chi connectivity index (χ0v) is 25.5. The van der Waals surface area contributed by atoms with E-state index in [0.717, 1.165) is 64.8 Å². The zero-order chi connectivity index (χ0) is 30.7. The quantitative estimate of drug-likeness (QED) is 0.295. The monoisotopic (exact) mass is 588 g/mol. The van der Waals surface area contributed by atoms with Crippen LogP contribution in [0.1, 0.15) is 70.2 Å². The second kappa shape index (κ2) is 12.7. The Balaban J connectivity index is 1.21. The van der Waals surface area contributed by atoms with E-state index in [1.54, 1.807) is 11.1 Å². The topological polar surface area (TPSA) is 113 Å².